The van der Waals surface area contributed by atoms with E-state index < -0.39 is 0 Å². The molecule has 0 spiro atoms. The van der Waals surface area contributed by atoms with E-state index in [1.54, 1.807) is 0 Å². The van der Waals surface area contributed by atoms with Gasteiger partial charge in [0.15, 0.2) is 0 Å². The van der Waals surface area contributed by atoms with Crippen molar-refractivity contribution in [2.24, 2.45) is 0 Å². The number of piperidine rings is 1. The van der Waals surface area contributed by atoms with Crippen LogP contribution in [0.2, 0.25) is 0 Å². The molecule has 4 rings (SSSR count). The monoisotopic (exact) mass is 302 g/mol. The third-order valence-electron chi connectivity index (χ3n) is 4.75. The van der Waals surface area contributed by atoms with Gasteiger partial charge in [-0.1, -0.05) is 42.0 Å². The first-order valence-electron chi connectivity index (χ1n) is 8.53. The zero-order valence-corrected chi connectivity index (χ0v) is 13.6. The zero-order chi connectivity index (χ0) is 15.6. The smallest absolute Gasteiger partial charge is 0.0723 e. The van der Waals surface area contributed by atoms with Gasteiger partial charge in [-0.05, 0) is 43.9 Å². The molecule has 0 saturated carbocycles. The molecule has 0 radical (unpaired) electrons. The molecule has 0 atom stereocenters. The highest BCUT2D eigenvalue weighted by molar-refractivity contribution is 6.00. The van der Waals surface area contributed by atoms with Crippen LogP contribution >= 0.6 is 0 Å². The first kappa shape index (κ1) is 14.3. The van der Waals surface area contributed by atoms with E-state index >= 15 is 0 Å². The van der Waals surface area contributed by atoms with Gasteiger partial charge in [-0.15, -0.1) is 0 Å². The Morgan fingerprint density at radius 2 is 1.70 bits per heavy atom. The van der Waals surface area contributed by atoms with Crippen LogP contribution in [0.15, 0.2) is 54.7 Å². The maximum atomic E-state index is 4.73. The van der Waals surface area contributed by atoms with Crippen molar-refractivity contribution in [1.82, 2.24) is 4.98 Å². The molecular weight excluding hydrogens is 280 g/mol. The van der Waals surface area contributed by atoms with E-state index in [0.29, 0.717) is 0 Å². The molecule has 23 heavy (non-hydrogen) atoms. The predicted molar refractivity (Wildman–Crippen MR) is 98.0 cm³/mol. The van der Waals surface area contributed by atoms with Crippen molar-refractivity contribution >= 4 is 16.6 Å². The number of hydrogen-bond donors (Lipinski definition) is 0. The number of pyridine rings is 1. The summed E-state index contributed by atoms with van der Waals surface area (Å²) in [6, 6.07) is 17.2. The summed E-state index contributed by atoms with van der Waals surface area (Å²) in [6.07, 6.45) is 5.96. The predicted octanol–water partition coefficient (Wildman–Crippen LogP) is 5.20. The fourth-order valence-electron chi connectivity index (χ4n) is 3.58. The van der Waals surface area contributed by atoms with Crippen molar-refractivity contribution in [2.45, 2.75) is 26.2 Å². The summed E-state index contributed by atoms with van der Waals surface area (Å²) in [7, 11) is 0. The van der Waals surface area contributed by atoms with E-state index in [4.69, 9.17) is 4.98 Å². The van der Waals surface area contributed by atoms with Crippen LogP contribution in [0.3, 0.4) is 0 Å². The third kappa shape index (κ3) is 2.70. The molecule has 0 N–H and O–H groups in total. The highest BCUT2D eigenvalue weighted by Crippen LogP contribution is 2.37. The Hall–Kier alpha value is -2.35. The fourth-order valence-corrected chi connectivity index (χ4v) is 3.58. The first-order valence-corrected chi connectivity index (χ1v) is 8.53. The number of aryl methyl sites for hydroxylation is 1. The van der Waals surface area contributed by atoms with Gasteiger partial charge >= 0.3 is 0 Å². The standard InChI is InChI=1S/C21H22N2/c1-16-10-11-20-18(14-16)21(23-12-6-3-7-13-23)19(15-22-20)17-8-4-2-5-9-17/h2,4-5,8-11,14-15H,3,6-7,12-13H2,1H3. The van der Waals surface area contributed by atoms with Crippen molar-refractivity contribution in [2.75, 3.05) is 18.0 Å². The van der Waals surface area contributed by atoms with Crippen LogP contribution in [0.5, 0.6) is 0 Å². The number of hydrogen-bond acceptors (Lipinski definition) is 2. The van der Waals surface area contributed by atoms with Gasteiger partial charge in [0.2, 0.25) is 0 Å². The molecule has 2 aromatic carbocycles. The van der Waals surface area contributed by atoms with Crippen molar-refractivity contribution in [3.63, 3.8) is 0 Å². The lowest BCUT2D eigenvalue weighted by molar-refractivity contribution is 0.579. The van der Waals surface area contributed by atoms with Crippen LogP contribution in [0.1, 0.15) is 24.8 Å². The van der Waals surface area contributed by atoms with Gasteiger partial charge in [-0.2, -0.15) is 0 Å². The topological polar surface area (TPSA) is 16.1 Å². The average molecular weight is 302 g/mol. The minimum Gasteiger partial charge on any atom is -0.370 e. The van der Waals surface area contributed by atoms with Crippen LogP contribution in [0, 0.1) is 6.92 Å². The highest BCUT2D eigenvalue weighted by atomic mass is 15.1. The molecule has 1 aliphatic rings. The number of fused-ring (bicyclic) bond motifs is 1. The maximum absolute atomic E-state index is 4.73. The molecule has 2 heteroatoms. The average Bonchev–Trinajstić information content (AvgIpc) is 2.62. The minimum atomic E-state index is 1.09. The van der Waals surface area contributed by atoms with E-state index in [0.717, 1.165) is 18.6 Å². The molecule has 0 bridgehead atoms. The molecule has 0 aliphatic carbocycles. The van der Waals surface area contributed by atoms with E-state index in [-0.39, 0.29) is 0 Å². The Labute approximate surface area is 137 Å². The zero-order valence-electron chi connectivity index (χ0n) is 13.6. The number of aromatic nitrogens is 1. The van der Waals surface area contributed by atoms with Crippen LogP contribution in [0.25, 0.3) is 22.0 Å². The van der Waals surface area contributed by atoms with Gasteiger partial charge in [0.25, 0.3) is 0 Å². The Bertz CT molecular complexity index is 818. The van der Waals surface area contributed by atoms with E-state index in [1.165, 1.54) is 47.0 Å². The second-order valence-corrected chi connectivity index (χ2v) is 6.45. The number of benzene rings is 2. The number of rotatable bonds is 2. The van der Waals surface area contributed by atoms with Crippen molar-refractivity contribution in [3.8, 4) is 11.1 Å². The van der Waals surface area contributed by atoms with Crippen molar-refractivity contribution in [3.05, 3.63) is 60.3 Å². The summed E-state index contributed by atoms with van der Waals surface area (Å²) in [5.41, 5.74) is 6.26. The van der Waals surface area contributed by atoms with Crippen molar-refractivity contribution < 1.29 is 0 Å². The summed E-state index contributed by atoms with van der Waals surface area (Å²) in [5, 5.41) is 1.29. The highest BCUT2D eigenvalue weighted by Gasteiger charge is 2.19. The van der Waals surface area contributed by atoms with Gasteiger partial charge in [-0.25, -0.2) is 0 Å². The molecule has 0 amide bonds. The number of nitrogens with zero attached hydrogens (tertiary/aromatic N) is 2. The largest absolute Gasteiger partial charge is 0.370 e. The van der Waals surface area contributed by atoms with Crippen LogP contribution < -0.4 is 4.90 Å². The molecule has 1 fully saturated rings. The molecule has 0 unspecified atom stereocenters. The van der Waals surface area contributed by atoms with Crippen LogP contribution in [-0.2, 0) is 0 Å². The van der Waals surface area contributed by atoms with Gasteiger partial charge in [0.05, 0.1) is 11.2 Å². The van der Waals surface area contributed by atoms with Crippen LogP contribution in [-0.4, -0.2) is 18.1 Å². The van der Waals surface area contributed by atoms with E-state index in [1.807, 2.05) is 0 Å². The second kappa shape index (κ2) is 6.04. The third-order valence-corrected chi connectivity index (χ3v) is 4.75. The SMILES string of the molecule is Cc1ccc2ncc(-c3ccccc3)c(N3CCCCC3)c2c1. The molecule has 2 heterocycles. The molecule has 1 saturated heterocycles. The van der Waals surface area contributed by atoms with E-state index in [9.17, 15) is 0 Å². The number of anilines is 1. The summed E-state index contributed by atoms with van der Waals surface area (Å²) >= 11 is 0. The van der Waals surface area contributed by atoms with Gasteiger partial charge in [0.1, 0.15) is 0 Å². The quantitative estimate of drug-likeness (QED) is 0.646. The lowest BCUT2D eigenvalue weighted by Crippen LogP contribution is -2.30. The summed E-state index contributed by atoms with van der Waals surface area (Å²) in [4.78, 5) is 7.29. The molecule has 1 aromatic heterocycles. The Balaban J connectivity index is 1.98. The molecular formula is C21H22N2. The van der Waals surface area contributed by atoms with Gasteiger partial charge in [0, 0.05) is 30.2 Å². The Morgan fingerprint density at radius 1 is 0.913 bits per heavy atom. The van der Waals surface area contributed by atoms with Crippen molar-refractivity contribution in [1.29, 1.82) is 0 Å². The Morgan fingerprint density at radius 3 is 2.48 bits per heavy atom. The summed E-state index contributed by atoms with van der Waals surface area (Å²) in [5.74, 6) is 0. The molecule has 3 aromatic rings. The normalized spacial score (nSPS) is 15.1. The summed E-state index contributed by atoms with van der Waals surface area (Å²) < 4.78 is 0. The maximum Gasteiger partial charge on any atom is 0.0723 e. The van der Waals surface area contributed by atoms with Crippen LogP contribution in [0.4, 0.5) is 5.69 Å². The molecule has 1 aliphatic heterocycles. The molecule has 116 valence electrons. The van der Waals surface area contributed by atoms with E-state index in [2.05, 4.69) is 66.6 Å². The first-order chi connectivity index (χ1) is 11.3. The van der Waals surface area contributed by atoms with Gasteiger partial charge in [-0.3, -0.25) is 4.98 Å². The minimum absolute atomic E-state index is 1.09. The van der Waals surface area contributed by atoms with Gasteiger partial charge < -0.3 is 4.90 Å². The lowest BCUT2D eigenvalue weighted by Gasteiger charge is -2.31. The Kier molecular flexibility index (Phi) is 3.74. The summed E-state index contributed by atoms with van der Waals surface area (Å²) in [6.45, 7) is 4.45. The second-order valence-electron chi connectivity index (χ2n) is 6.45. The lowest BCUT2D eigenvalue weighted by atomic mass is 9.99. The molecule has 2 nitrogen and oxygen atoms in total. The fraction of sp³-hybridized carbons (Fsp3) is 0.286.